The van der Waals surface area contributed by atoms with Gasteiger partial charge in [-0.1, -0.05) is 23.8 Å². The van der Waals surface area contributed by atoms with Crippen LogP contribution in [-0.4, -0.2) is 25.2 Å². The van der Waals surface area contributed by atoms with E-state index >= 15 is 0 Å². The summed E-state index contributed by atoms with van der Waals surface area (Å²) in [6.45, 7) is 6.48. The number of nitrogens with zero attached hydrogens (tertiary/aromatic N) is 2. The minimum atomic E-state index is -0.0495. The number of aliphatic imine (C=N–C) groups is 1. The van der Waals surface area contributed by atoms with Crippen molar-refractivity contribution in [3.8, 4) is 0 Å². The fourth-order valence-corrected chi connectivity index (χ4v) is 6.04. The Hall–Kier alpha value is -2.92. The quantitative estimate of drug-likeness (QED) is 0.426. The highest BCUT2D eigenvalue weighted by molar-refractivity contribution is 7.16. The molecule has 1 aliphatic heterocycles. The monoisotopic (exact) mass is 457 g/mol. The predicted molar refractivity (Wildman–Crippen MR) is 140 cm³/mol. The second kappa shape index (κ2) is 9.52. The van der Waals surface area contributed by atoms with Gasteiger partial charge in [-0.05, 0) is 93.3 Å². The average Bonchev–Trinajstić information content (AvgIpc) is 3.48. The van der Waals surface area contributed by atoms with Crippen molar-refractivity contribution in [1.29, 1.82) is 0 Å². The largest absolute Gasteiger partial charge is 0.372 e. The van der Waals surface area contributed by atoms with Crippen LogP contribution >= 0.6 is 11.3 Å². The number of thiophene rings is 1. The number of aryl methyl sites for hydroxylation is 3. The zero-order chi connectivity index (χ0) is 22.8. The summed E-state index contributed by atoms with van der Waals surface area (Å²) >= 11 is 1.68. The van der Waals surface area contributed by atoms with E-state index in [1.54, 1.807) is 11.3 Å². The maximum Gasteiger partial charge on any atom is 0.259 e. The van der Waals surface area contributed by atoms with E-state index in [0.717, 1.165) is 54.2 Å². The molecule has 0 atom stereocenters. The maximum atomic E-state index is 13.3. The van der Waals surface area contributed by atoms with Gasteiger partial charge in [0, 0.05) is 35.6 Å². The summed E-state index contributed by atoms with van der Waals surface area (Å²) in [7, 11) is 0. The van der Waals surface area contributed by atoms with Gasteiger partial charge < -0.3 is 10.2 Å². The van der Waals surface area contributed by atoms with E-state index in [-0.39, 0.29) is 5.91 Å². The van der Waals surface area contributed by atoms with Crippen LogP contribution in [0.4, 0.5) is 16.4 Å². The van der Waals surface area contributed by atoms with Crippen LogP contribution in [0.25, 0.3) is 0 Å². The molecule has 1 N–H and O–H groups in total. The normalized spacial score (nSPS) is 15.8. The topological polar surface area (TPSA) is 44.7 Å². The van der Waals surface area contributed by atoms with E-state index in [4.69, 9.17) is 4.99 Å². The van der Waals surface area contributed by atoms with Crippen LogP contribution in [0.15, 0.2) is 47.5 Å². The summed E-state index contributed by atoms with van der Waals surface area (Å²) in [6.07, 6.45) is 8.81. The van der Waals surface area contributed by atoms with Crippen molar-refractivity contribution >= 4 is 39.8 Å². The number of hydrogen-bond donors (Lipinski definition) is 1. The fraction of sp³-hybridized carbons (Fsp3) is 0.357. The van der Waals surface area contributed by atoms with E-state index in [1.165, 1.54) is 46.5 Å². The van der Waals surface area contributed by atoms with Crippen LogP contribution in [0.2, 0.25) is 0 Å². The standard InChI is InChI=1S/C28H31N3OS/c1-19-9-12-22(13-10-19)30-27(32)26-24-7-3-4-8-25(24)33-28(26)29-18-21-11-14-23(17-20(21)2)31-15-5-6-16-31/h9-14,17-18H,3-8,15-16H2,1-2H3,(H,30,32). The minimum absolute atomic E-state index is 0.0495. The van der Waals surface area contributed by atoms with Crippen molar-refractivity contribution in [1.82, 2.24) is 0 Å². The van der Waals surface area contributed by atoms with Gasteiger partial charge in [0.05, 0.1) is 5.56 Å². The summed E-state index contributed by atoms with van der Waals surface area (Å²) in [5.74, 6) is -0.0495. The number of fused-ring (bicyclic) bond motifs is 1. The van der Waals surface area contributed by atoms with Crippen molar-refractivity contribution in [2.24, 2.45) is 4.99 Å². The molecule has 2 heterocycles. The molecule has 1 fully saturated rings. The molecule has 1 amide bonds. The van der Waals surface area contributed by atoms with Crippen LogP contribution in [0.1, 0.15) is 63.2 Å². The Bertz CT molecular complexity index is 1190. The number of amides is 1. The number of carbonyl (C=O) groups excluding carboxylic acids is 1. The van der Waals surface area contributed by atoms with E-state index in [1.807, 2.05) is 37.4 Å². The van der Waals surface area contributed by atoms with Gasteiger partial charge in [-0.25, -0.2) is 4.99 Å². The number of anilines is 2. The first-order chi connectivity index (χ1) is 16.1. The Morgan fingerprint density at radius 3 is 2.52 bits per heavy atom. The van der Waals surface area contributed by atoms with Gasteiger partial charge in [0.15, 0.2) is 0 Å². The molecule has 5 heteroatoms. The van der Waals surface area contributed by atoms with Crippen LogP contribution in [0.3, 0.4) is 0 Å². The fourth-order valence-electron chi connectivity index (χ4n) is 4.81. The highest BCUT2D eigenvalue weighted by atomic mass is 32.1. The molecule has 1 aromatic heterocycles. The molecule has 170 valence electrons. The minimum Gasteiger partial charge on any atom is -0.372 e. The van der Waals surface area contributed by atoms with Crippen molar-refractivity contribution in [2.45, 2.75) is 52.4 Å². The number of rotatable bonds is 5. The van der Waals surface area contributed by atoms with E-state index < -0.39 is 0 Å². The van der Waals surface area contributed by atoms with Gasteiger partial charge in [-0.2, -0.15) is 0 Å². The second-order valence-corrected chi connectivity index (χ2v) is 10.3. The Morgan fingerprint density at radius 1 is 1.00 bits per heavy atom. The highest BCUT2D eigenvalue weighted by Gasteiger charge is 2.25. The molecule has 1 saturated heterocycles. The molecule has 4 nitrogen and oxygen atoms in total. The number of carbonyl (C=O) groups is 1. The lowest BCUT2D eigenvalue weighted by Gasteiger charge is -2.18. The van der Waals surface area contributed by atoms with Gasteiger partial charge in [-0.3, -0.25) is 4.79 Å². The first-order valence-corrected chi connectivity index (χ1v) is 12.8. The SMILES string of the molecule is Cc1ccc(NC(=O)c2c(N=Cc3ccc(N4CCCC4)cc3C)sc3c2CCCC3)cc1. The smallest absolute Gasteiger partial charge is 0.259 e. The number of nitrogens with one attached hydrogen (secondary N) is 1. The molecule has 33 heavy (non-hydrogen) atoms. The Morgan fingerprint density at radius 2 is 1.76 bits per heavy atom. The van der Waals surface area contributed by atoms with Gasteiger partial charge in [0.25, 0.3) is 5.91 Å². The van der Waals surface area contributed by atoms with Gasteiger partial charge in [0.2, 0.25) is 0 Å². The molecule has 2 aliphatic rings. The summed E-state index contributed by atoms with van der Waals surface area (Å²) in [5.41, 5.74) is 7.58. The van der Waals surface area contributed by atoms with Crippen LogP contribution in [-0.2, 0) is 12.8 Å². The average molecular weight is 458 g/mol. The van der Waals surface area contributed by atoms with Gasteiger partial charge >= 0.3 is 0 Å². The molecule has 3 aromatic rings. The molecular formula is C28H31N3OS. The first-order valence-electron chi connectivity index (χ1n) is 12.0. The number of benzene rings is 2. The molecular weight excluding hydrogens is 426 g/mol. The van der Waals surface area contributed by atoms with Crippen molar-refractivity contribution < 1.29 is 4.79 Å². The van der Waals surface area contributed by atoms with Crippen LogP contribution in [0.5, 0.6) is 0 Å². The molecule has 1 aliphatic carbocycles. The van der Waals surface area contributed by atoms with Gasteiger partial charge in [0.1, 0.15) is 5.00 Å². The van der Waals surface area contributed by atoms with Crippen molar-refractivity contribution in [2.75, 3.05) is 23.3 Å². The highest BCUT2D eigenvalue weighted by Crippen LogP contribution is 2.40. The zero-order valence-corrected chi connectivity index (χ0v) is 20.3. The second-order valence-electron chi connectivity index (χ2n) is 9.20. The molecule has 0 unspecified atom stereocenters. The Labute approximate surface area is 200 Å². The maximum absolute atomic E-state index is 13.3. The molecule has 0 bridgehead atoms. The van der Waals surface area contributed by atoms with E-state index in [9.17, 15) is 4.79 Å². The van der Waals surface area contributed by atoms with Crippen LogP contribution in [0, 0.1) is 13.8 Å². The third kappa shape index (κ3) is 4.74. The zero-order valence-electron chi connectivity index (χ0n) is 19.5. The lowest BCUT2D eigenvalue weighted by molar-refractivity contribution is 0.102. The summed E-state index contributed by atoms with van der Waals surface area (Å²) in [5, 5.41) is 3.93. The molecule has 0 saturated carbocycles. The van der Waals surface area contributed by atoms with Crippen molar-refractivity contribution in [3.63, 3.8) is 0 Å². The Balaban J connectivity index is 1.43. The molecule has 2 aromatic carbocycles. The Kier molecular flexibility index (Phi) is 6.32. The lowest BCUT2D eigenvalue weighted by atomic mass is 9.95. The summed E-state index contributed by atoms with van der Waals surface area (Å²) < 4.78 is 0. The molecule has 5 rings (SSSR count). The summed E-state index contributed by atoms with van der Waals surface area (Å²) in [6, 6.07) is 14.6. The molecule has 0 spiro atoms. The third-order valence-corrected chi connectivity index (χ3v) is 7.93. The van der Waals surface area contributed by atoms with E-state index in [0.29, 0.717) is 0 Å². The first kappa shape index (κ1) is 21.9. The van der Waals surface area contributed by atoms with E-state index in [2.05, 4.69) is 35.3 Å². The van der Waals surface area contributed by atoms with Crippen molar-refractivity contribution in [3.05, 3.63) is 75.2 Å². The lowest BCUT2D eigenvalue weighted by Crippen LogP contribution is -2.17. The van der Waals surface area contributed by atoms with Gasteiger partial charge in [-0.15, -0.1) is 11.3 Å². The number of hydrogen-bond acceptors (Lipinski definition) is 4. The molecule has 0 radical (unpaired) electrons. The third-order valence-electron chi connectivity index (χ3n) is 6.73. The van der Waals surface area contributed by atoms with Crippen LogP contribution < -0.4 is 10.2 Å². The summed E-state index contributed by atoms with van der Waals surface area (Å²) in [4.78, 5) is 22.0. The predicted octanol–water partition coefficient (Wildman–Crippen LogP) is 6.85.